The minimum Gasteiger partial charge on any atom is -0.480 e. The van der Waals surface area contributed by atoms with E-state index in [1.807, 2.05) is 16.9 Å². The quantitative estimate of drug-likeness (QED) is 0.664. The van der Waals surface area contributed by atoms with Gasteiger partial charge in [-0.3, -0.25) is 4.68 Å². The molecule has 0 saturated carbocycles. The third-order valence-electron chi connectivity index (χ3n) is 1.84. The van der Waals surface area contributed by atoms with Gasteiger partial charge in [-0.1, -0.05) is 6.92 Å². The molecular weight excluding hydrogens is 140 g/mol. The van der Waals surface area contributed by atoms with Crippen molar-refractivity contribution >= 4 is 0 Å². The summed E-state index contributed by atoms with van der Waals surface area (Å²) in [4.78, 5) is 0. The standard InChI is InChI=1S/C8H14N2O/c1-4-7(2)10-6-5-8(9-10)11-3/h5-7H,4H2,1-3H3. The Hall–Kier alpha value is -0.990. The molecule has 0 radical (unpaired) electrons. The molecule has 1 aromatic heterocycles. The highest BCUT2D eigenvalue weighted by atomic mass is 16.5. The van der Waals surface area contributed by atoms with Gasteiger partial charge in [0.05, 0.1) is 7.11 Å². The van der Waals surface area contributed by atoms with E-state index < -0.39 is 0 Å². The zero-order valence-electron chi connectivity index (χ0n) is 7.24. The van der Waals surface area contributed by atoms with Gasteiger partial charge < -0.3 is 4.74 Å². The fraction of sp³-hybridized carbons (Fsp3) is 0.625. The van der Waals surface area contributed by atoms with Crippen molar-refractivity contribution in [3.05, 3.63) is 12.3 Å². The molecule has 3 nitrogen and oxygen atoms in total. The molecule has 3 heteroatoms. The van der Waals surface area contributed by atoms with Crippen LogP contribution in [0.15, 0.2) is 12.3 Å². The maximum Gasteiger partial charge on any atom is 0.232 e. The molecule has 1 rings (SSSR count). The molecule has 1 heterocycles. The molecule has 0 N–H and O–H groups in total. The summed E-state index contributed by atoms with van der Waals surface area (Å²) in [5.74, 6) is 0.685. The molecule has 1 aromatic rings. The molecule has 1 atom stereocenters. The number of aromatic nitrogens is 2. The number of rotatable bonds is 3. The Morgan fingerprint density at radius 3 is 2.91 bits per heavy atom. The Morgan fingerprint density at radius 1 is 1.73 bits per heavy atom. The number of methoxy groups -OCH3 is 1. The number of hydrogen-bond acceptors (Lipinski definition) is 2. The first-order valence-corrected chi connectivity index (χ1v) is 3.87. The maximum absolute atomic E-state index is 4.96. The molecule has 11 heavy (non-hydrogen) atoms. The number of hydrogen-bond donors (Lipinski definition) is 0. The molecule has 0 spiro atoms. The van der Waals surface area contributed by atoms with E-state index in [-0.39, 0.29) is 0 Å². The average Bonchev–Trinajstić information content (AvgIpc) is 2.50. The van der Waals surface area contributed by atoms with E-state index in [0.717, 1.165) is 6.42 Å². The van der Waals surface area contributed by atoms with Crippen molar-refractivity contribution < 1.29 is 4.74 Å². The smallest absolute Gasteiger partial charge is 0.232 e. The number of ether oxygens (including phenoxy) is 1. The summed E-state index contributed by atoms with van der Waals surface area (Å²) in [6.45, 7) is 4.27. The Labute approximate surface area is 67.0 Å². The van der Waals surface area contributed by atoms with Crippen LogP contribution in [0.1, 0.15) is 26.3 Å². The Bertz CT molecular complexity index is 220. The van der Waals surface area contributed by atoms with Gasteiger partial charge in [0.2, 0.25) is 5.88 Å². The van der Waals surface area contributed by atoms with E-state index in [4.69, 9.17) is 4.74 Å². The average molecular weight is 154 g/mol. The third kappa shape index (κ3) is 1.73. The second-order valence-electron chi connectivity index (χ2n) is 2.60. The van der Waals surface area contributed by atoms with Crippen molar-refractivity contribution in [3.63, 3.8) is 0 Å². The van der Waals surface area contributed by atoms with Crippen molar-refractivity contribution in [2.24, 2.45) is 0 Å². The first kappa shape index (κ1) is 8.11. The molecule has 1 unspecified atom stereocenters. The van der Waals surface area contributed by atoms with Gasteiger partial charge >= 0.3 is 0 Å². The number of nitrogens with zero attached hydrogens (tertiary/aromatic N) is 2. The highest BCUT2D eigenvalue weighted by molar-refractivity contribution is 5.05. The van der Waals surface area contributed by atoms with Gasteiger partial charge in [-0.25, -0.2) is 0 Å². The highest BCUT2D eigenvalue weighted by Gasteiger charge is 2.02. The van der Waals surface area contributed by atoms with E-state index in [0.29, 0.717) is 11.9 Å². The van der Waals surface area contributed by atoms with E-state index in [1.165, 1.54) is 0 Å². The second-order valence-corrected chi connectivity index (χ2v) is 2.60. The third-order valence-corrected chi connectivity index (χ3v) is 1.84. The fourth-order valence-electron chi connectivity index (χ4n) is 0.862. The van der Waals surface area contributed by atoms with Crippen LogP contribution in [0.4, 0.5) is 0 Å². The molecular formula is C8H14N2O. The van der Waals surface area contributed by atoms with Gasteiger partial charge in [0.1, 0.15) is 0 Å². The van der Waals surface area contributed by atoms with Gasteiger partial charge in [-0.2, -0.15) is 0 Å². The van der Waals surface area contributed by atoms with Crippen LogP contribution in [-0.2, 0) is 0 Å². The largest absolute Gasteiger partial charge is 0.480 e. The lowest BCUT2D eigenvalue weighted by Gasteiger charge is -2.07. The van der Waals surface area contributed by atoms with Crippen molar-refractivity contribution in [1.29, 1.82) is 0 Å². The lowest BCUT2D eigenvalue weighted by Crippen LogP contribution is -2.03. The van der Waals surface area contributed by atoms with Crippen LogP contribution in [0.5, 0.6) is 5.88 Å². The molecule has 0 saturated heterocycles. The summed E-state index contributed by atoms with van der Waals surface area (Å²) in [7, 11) is 1.63. The lowest BCUT2D eigenvalue weighted by molar-refractivity contribution is 0.377. The Kier molecular flexibility index (Phi) is 2.52. The summed E-state index contributed by atoms with van der Waals surface area (Å²) in [6, 6.07) is 2.32. The van der Waals surface area contributed by atoms with Crippen molar-refractivity contribution in [2.45, 2.75) is 26.3 Å². The summed E-state index contributed by atoms with van der Waals surface area (Å²) < 4.78 is 6.87. The first-order valence-electron chi connectivity index (χ1n) is 3.87. The van der Waals surface area contributed by atoms with E-state index >= 15 is 0 Å². The minimum absolute atomic E-state index is 0.457. The molecule has 0 aliphatic rings. The van der Waals surface area contributed by atoms with Gasteiger partial charge in [-0.05, 0) is 13.3 Å². The van der Waals surface area contributed by atoms with Crippen LogP contribution >= 0.6 is 0 Å². The topological polar surface area (TPSA) is 27.1 Å². The fourth-order valence-corrected chi connectivity index (χ4v) is 0.862. The zero-order chi connectivity index (χ0) is 8.27. The van der Waals surface area contributed by atoms with Crippen LogP contribution in [0.3, 0.4) is 0 Å². The molecule has 0 aliphatic carbocycles. The normalized spacial score (nSPS) is 13.0. The van der Waals surface area contributed by atoms with Crippen LogP contribution in [0.2, 0.25) is 0 Å². The Morgan fingerprint density at radius 2 is 2.45 bits per heavy atom. The zero-order valence-corrected chi connectivity index (χ0v) is 7.24. The van der Waals surface area contributed by atoms with Crippen LogP contribution in [0, 0.1) is 0 Å². The predicted octanol–water partition coefficient (Wildman–Crippen LogP) is 1.86. The van der Waals surface area contributed by atoms with Gasteiger partial charge in [0.15, 0.2) is 0 Å². The van der Waals surface area contributed by atoms with Crippen LogP contribution in [0.25, 0.3) is 0 Å². The summed E-state index contributed by atoms with van der Waals surface area (Å²) in [6.07, 6.45) is 3.03. The van der Waals surface area contributed by atoms with Gasteiger partial charge in [0.25, 0.3) is 0 Å². The summed E-state index contributed by atoms with van der Waals surface area (Å²) >= 11 is 0. The van der Waals surface area contributed by atoms with Crippen molar-refractivity contribution in [3.8, 4) is 5.88 Å². The summed E-state index contributed by atoms with van der Waals surface area (Å²) in [5, 5.41) is 4.19. The maximum atomic E-state index is 4.96. The molecule has 0 fully saturated rings. The van der Waals surface area contributed by atoms with Crippen LogP contribution < -0.4 is 4.74 Å². The molecule has 62 valence electrons. The summed E-state index contributed by atoms with van der Waals surface area (Å²) in [5.41, 5.74) is 0. The molecule has 0 bridgehead atoms. The SMILES string of the molecule is CCC(C)n1ccc(OC)n1. The van der Waals surface area contributed by atoms with Gasteiger partial charge in [0, 0.05) is 18.3 Å². The van der Waals surface area contributed by atoms with E-state index in [9.17, 15) is 0 Å². The van der Waals surface area contributed by atoms with Gasteiger partial charge in [-0.15, -0.1) is 5.10 Å². The molecule has 0 aliphatic heterocycles. The van der Waals surface area contributed by atoms with E-state index in [2.05, 4.69) is 18.9 Å². The lowest BCUT2D eigenvalue weighted by atomic mass is 10.3. The highest BCUT2D eigenvalue weighted by Crippen LogP contribution is 2.12. The minimum atomic E-state index is 0.457. The second kappa shape index (κ2) is 3.42. The van der Waals surface area contributed by atoms with Crippen LogP contribution in [-0.4, -0.2) is 16.9 Å². The predicted molar refractivity (Wildman–Crippen MR) is 43.8 cm³/mol. The molecule has 0 aromatic carbocycles. The van der Waals surface area contributed by atoms with Crippen molar-refractivity contribution in [1.82, 2.24) is 9.78 Å². The Balaban J connectivity index is 2.71. The monoisotopic (exact) mass is 154 g/mol. The van der Waals surface area contributed by atoms with Crippen molar-refractivity contribution in [2.75, 3.05) is 7.11 Å². The molecule has 0 amide bonds. The van der Waals surface area contributed by atoms with E-state index in [1.54, 1.807) is 7.11 Å². The first-order chi connectivity index (χ1) is 5.27.